The standard InChI is InChI=1S/C4FO8P/c5-14(11-2(8)1(6)7)12-3(9)4(10)13-14/p+1. The minimum Gasteiger partial charge on any atom is -0.473 e. The third-order valence-electron chi connectivity index (χ3n) is 0.917. The lowest BCUT2D eigenvalue weighted by atomic mass is 10.7. The van der Waals surface area contributed by atoms with Crippen molar-refractivity contribution >= 4 is 32.1 Å². The van der Waals surface area contributed by atoms with E-state index in [1.165, 1.54) is 0 Å². The minimum absolute atomic E-state index is 1.68. The van der Waals surface area contributed by atoms with Gasteiger partial charge in [-0.2, -0.15) is 13.6 Å². The average Bonchev–Trinajstić information content (AvgIpc) is 2.25. The van der Waals surface area contributed by atoms with E-state index in [1.807, 2.05) is 0 Å². The van der Waals surface area contributed by atoms with Gasteiger partial charge in [0, 0.05) is 0 Å². The molecule has 1 heterocycles. The Balaban J connectivity index is 2.70. The van der Waals surface area contributed by atoms with E-state index in [1.54, 1.807) is 0 Å². The molecule has 0 unspecified atom stereocenters. The predicted octanol–water partition coefficient (Wildman–Crippen LogP) is -0.639. The molecule has 14 heavy (non-hydrogen) atoms. The van der Waals surface area contributed by atoms with E-state index in [-0.39, 0.29) is 0 Å². The molecule has 0 aromatic rings. The van der Waals surface area contributed by atoms with Crippen LogP contribution in [0.1, 0.15) is 0 Å². The maximum atomic E-state index is 12.9. The molecule has 0 aromatic carbocycles. The number of aliphatic carboxylic acids is 1. The van der Waals surface area contributed by atoms with Crippen molar-refractivity contribution in [1.29, 1.82) is 0 Å². The third kappa shape index (κ3) is 1.94. The molecule has 8 nitrogen and oxygen atoms in total. The van der Waals surface area contributed by atoms with E-state index >= 15 is 0 Å². The fourth-order valence-electron chi connectivity index (χ4n) is 0.467. The molecule has 0 radical (unpaired) electrons. The predicted molar refractivity (Wildman–Crippen MR) is 33.9 cm³/mol. The highest BCUT2D eigenvalue weighted by molar-refractivity contribution is 7.58. The molecule has 0 aromatic heterocycles. The van der Waals surface area contributed by atoms with Crippen LogP contribution < -0.4 is 0 Å². The zero-order chi connectivity index (χ0) is 10.9. The highest BCUT2D eigenvalue weighted by Crippen LogP contribution is 2.67. The smallest absolute Gasteiger partial charge is 0.473 e. The third-order valence-corrected chi connectivity index (χ3v) is 2.07. The number of carboxylic acid groups (broad SMARTS) is 1. The molecular formula is C4HFO8P+. The molecule has 1 aliphatic rings. The number of halogens is 1. The van der Waals surface area contributed by atoms with Gasteiger partial charge in [0.25, 0.3) is 0 Å². The van der Waals surface area contributed by atoms with E-state index in [9.17, 15) is 23.4 Å². The molecule has 1 saturated heterocycles. The van der Waals surface area contributed by atoms with Gasteiger partial charge in [0.1, 0.15) is 0 Å². The second-order valence-corrected chi connectivity index (χ2v) is 3.28. The van der Waals surface area contributed by atoms with Gasteiger partial charge < -0.3 is 5.11 Å². The van der Waals surface area contributed by atoms with Gasteiger partial charge >= 0.3 is 32.1 Å². The topological polar surface area (TPSA) is 116 Å². The van der Waals surface area contributed by atoms with Crippen molar-refractivity contribution in [2.24, 2.45) is 0 Å². The highest BCUT2D eigenvalue weighted by atomic mass is 31.3. The van der Waals surface area contributed by atoms with Crippen molar-refractivity contribution in [3.8, 4) is 0 Å². The molecule has 0 aliphatic carbocycles. The molecule has 10 heteroatoms. The van der Waals surface area contributed by atoms with Gasteiger partial charge in [0.05, 0.1) is 4.20 Å². The summed E-state index contributed by atoms with van der Waals surface area (Å²) in [5.41, 5.74) is 0. The van der Waals surface area contributed by atoms with Crippen LogP contribution in [-0.4, -0.2) is 29.0 Å². The Kier molecular flexibility index (Phi) is 2.35. The van der Waals surface area contributed by atoms with Crippen molar-refractivity contribution in [3.05, 3.63) is 0 Å². The first-order valence-corrected chi connectivity index (χ1v) is 4.30. The normalized spacial score (nSPS) is 18.4. The van der Waals surface area contributed by atoms with Crippen molar-refractivity contribution in [2.75, 3.05) is 0 Å². The second kappa shape index (κ2) is 3.18. The lowest BCUT2D eigenvalue weighted by Crippen LogP contribution is -2.16. The summed E-state index contributed by atoms with van der Waals surface area (Å²) in [5.74, 6) is -7.50. The number of carbonyl (C=O) groups excluding carboxylic acids is 3. The quantitative estimate of drug-likeness (QED) is 0.464. The summed E-state index contributed by atoms with van der Waals surface area (Å²) >= 11 is 0. The van der Waals surface area contributed by atoms with Gasteiger partial charge in [0.2, 0.25) is 0 Å². The van der Waals surface area contributed by atoms with Crippen LogP contribution in [0.15, 0.2) is 0 Å². The Hall–Kier alpha value is -1.76. The molecule has 76 valence electrons. The number of carbonyl (C=O) groups is 4. The molecule has 1 aliphatic heterocycles. The Morgan fingerprint density at radius 1 is 1.29 bits per heavy atom. The van der Waals surface area contributed by atoms with E-state index in [2.05, 4.69) is 13.6 Å². The van der Waals surface area contributed by atoms with E-state index in [0.717, 1.165) is 0 Å². The Labute approximate surface area is 75.2 Å². The zero-order valence-electron chi connectivity index (χ0n) is 6.13. The van der Waals surface area contributed by atoms with Crippen LogP contribution in [0.3, 0.4) is 0 Å². The number of hydrogen-bond donors (Lipinski definition) is 1. The maximum Gasteiger partial charge on any atom is 0.774 e. The summed E-state index contributed by atoms with van der Waals surface area (Å²) in [5, 5.41) is 7.98. The van der Waals surface area contributed by atoms with Gasteiger partial charge in [-0.3, -0.25) is 0 Å². The molecule has 1 N–H and O–H groups in total. The number of carboxylic acids is 1. The summed E-state index contributed by atoms with van der Waals surface area (Å²) in [6.45, 7) is 0. The Morgan fingerprint density at radius 3 is 2.07 bits per heavy atom. The van der Waals surface area contributed by atoms with Crippen molar-refractivity contribution in [3.63, 3.8) is 0 Å². The van der Waals surface area contributed by atoms with Crippen LogP contribution in [-0.2, 0) is 32.7 Å². The summed E-state index contributed by atoms with van der Waals surface area (Å²) in [6.07, 6.45) is 0. The molecular weight excluding hydrogens is 226 g/mol. The summed E-state index contributed by atoms with van der Waals surface area (Å²) in [4.78, 5) is 40.8. The highest BCUT2D eigenvalue weighted by Gasteiger charge is 2.68. The Bertz CT molecular complexity index is 320. The van der Waals surface area contributed by atoms with Crippen LogP contribution in [0.4, 0.5) is 4.20 Å². The first kappa shape index (κ1) is 10.3. The monoisotopic (exact) mass is 227 g/mol. The van der Waals surface area contributed by atoms with Crippen molar-refractivity contribution < 1.29 is 42.1 Å². The van der Waals surface area contributed by atoms with Crippen LogP contribution in [0.5, 0.6) is 0 Å². The van der Waals surface area contributed by atoms with Crippen LogP contribution in [0.2, 0.25) is 0 Å². The first-order valence-electron chi connectivity index (χ1n) is 2.87. The van der Waals surface area contributed by atoms with Gasteiger partial charge in [-0.25, -0.2) is 19.2 Å². The molecule has 0 amide bonds. The van der Waals surface area contributed by atoms with Gasteiger partial charge in [-0.15, -0.1) is 0 Å². The van der Waals surface area contributed by atoms with E-state index in [0.29, 0.717) is 0 Å². The molecule has 1 rings (SSSR count). The van der Waals surface area contributed by atoms with Gasteiger partial charge in [-0.05, 0) is 0 Å². The van der Waals surface area contributed by atoms with E-state index < -0.39 is 32.1 Å². The molecule has 0 spiro atoms. The molecule has 1 fully saturated rings. The lowest BCUT2D eigenvalue weighted by molar-refractivity contribution is -0.159. The fraction of sp³-hybridized carbons (Fsp3) is 0. The number of rotatable bonds is 1. The molecule has 0 bridgehead atoms. The molecule has 0 saturated carbocycles. The van der Waals surface area contributed by atoms with Crippen molar-refractivity contribution in [1.82, 2.24) is 0 Å². The minimum atomic E-state index is -4.97. The fourth-order valence-corrected chi connectivity index (χ4v) is 1.40. The van der Waals surface area contributed by atoms with Crippen molar-refractivity contribution in [2.45, 2.75) is 0 Å². The van der Waals surface area contributed by atoms with Crippen LogP contribution >= 0.6 is 8.25 Å². The van der Waals surface area contributed by atoms with Gasteiger partial charge in [0.15, 0.2) is 0 Å². The van der Waals surface area contributed by atoms with Crippen LogP contribution in [0.25, 0.3) is 0 Å². The zero-order valence-corrected chi connectivity index (χ0v) is 7.02. The van der Waals surface area contributed by atoms with Gasteiger partial charge in [-0.1, -0.05) is 0 Å². The maximum absolute atomic E-state index is 12.9. The summed E-state index contributed by atoms with van der Waals surface area (Å²) in [6, 6.07) is 0. The largest absolute Gasteiger partial charge is 0.774 e. The number of hydrogen-bond acceptors (Lipinski definition) is 7. The Morgan fingerprint density at radius 2 is 1.71 bits per heavy atom. The second-order valence-electron chi connectivity index (χ2n) is 1.87. The SMILES string of the molecule is O=C(O)C(=O)O[P+]1(F)OC(=O)C(=O)O1. The molecule has 0 atom stereocenters. The first-order chi connectivity index (χ1) is 6.34. The summed E-state index contributed by atoms with van der Waals surface area (Å²) in [7, 11) is -4.97. The van der Waals surface area contributed by atoms with Crippen LogP contribution in [0, 0.1) is 0 Å². The lowest BCUT2D eigenvalue weighted by Gasteiger charge is -1.98. The summed E-state index contributed by atoms with van der Waals surface area (Å²) < 4.78 is 23.7. The van der Waals surface area contributed by atoms with E-state index in [4.69, 9.17) is 5.11 Å². The average molecular weight is 227 g/mol.